The number of aryl methyl sites for hydroxylation is 1. The summed E-state index contributed by atoms with van der Waals surface area (Å²) in [6.07, 6.45) is 0. The first-order valence-corrected chi connectivity index (χ1v) is 6.64. The smallest absolute Gasteiger partial charge is 0.158 e. The van der Waals surface area contributed by atoms with Gasteiger partial charge in [-0.2, -0.15) is 5.10 Å². The van der Waals surface area contributed by atoms with Crippen molar-refractivity contribution in [1.29, 1.82) is 0 Å². The van der Waals surface area contributed by atoms with Crippen molar-refractivity contribution >= 4 is 22.4 Å². The van der Waals surface area contributed by atoms with E-state index in [4.69, 9.17) is 0 Å². The number of para-hydroxylation sites is 1. The third-order valence-electron chi connectivity index (χ3n) is 3.10. The van der Waals surface area contributed by atoms with Crippen LogP contribution in [0.3, 0.4) is 0 Å². The van der Waals surface area contributed by atoms with Crippen LogP contribution in [-0.4, -0.2) is 21.1 Å². The van der Waals surface area contributed by atoms with E-state index < -0.39 is 0 Å². The fraction of sp³-hybridized carbons (Fsp3) is 0.333. The Labute approximate surface area is 112 Å². The first-order chi connectivity index (χ1) is 9.15. The minimum absolute atomic E-state index is 0.587. The first-order valence-electron chi connectivity index (χ1n) is 6.64. The molecule has 0 bridgehead atoms. The third-order valence-corrected chi connectivity index (χ3v) is 3.10. The fourth-order valence-corrected chi connectivity index (χ4v) is 2.21. The van der Waals surface area contributed by atoms with Crippen LogP contribution in [0.25, 0.3) is 16.6 Å². The Morgan fingerprint density at radius 3 is 2.84 bits per heavy atom. The summed E-state index contributed by atoms with van der Waals surface area (Å²) in [7, 11) is 0. The average molecular weight is 254 g/mol. The Morgan fingerprint density at radius 1 is 1.26 bits per heavy atom. The second kappa shape index (κ2) is 4.53. The minimum atomic E-state index is 0.587. The van der Waals surface area contributed by atoms with Gasteiger partial charge in [-0.1, -0.05) is 26.0 Å². The van der Waals surface area contributed by atoms with E-state index in [9.17, 15) is 0 Å². The summed E-state index contributed by atoms with van der Waals surface area (Å²) in [5.74, 6) is 1.53. The van der Waals surface area contributed by atoms with Gasteiger partial charge in [0.2, 0.25) is 0 Å². The number of aromatic nitrogens is 3. The van der Waals surface area contributed by atoms with E-state index in [1.54, 1.807) is 0 Å². The Bertz CT molecular complexity index is 727. The lowest BCUT2D eigenvalue weighted by molar-refractivity contribution is 0.687. The Balaban J connectivity index is 2.23. The SMILES string of the molecule is Cc1cc2nc(NCC(C)C)c3ccccc3n2n1. The molecule has 19 heavy (non-hydrogen) atoms. The molecule has 0 saturated carbocycles. The molecule has 0 amide bonds. The second-order valence-corrected chi connectivity index (χ2v) is 5.31. The van der Waals surface area contributed by atoms with Crippen LogP contribution in [0.1, 0.15) is 19.5 Å². The van der Waals surface area contributed by atoms with Gasteiger partial charge >= 0.3 is 0 Å². The molecule has 2 aromatic heterocycles. The molecule has 2 heterocycles. The van der Waals surface area contributed by atoms with Crippen molar-refractivity contribution < 1.29 is 0 Å². The standard InChI is InChI=1S/C15H18N4/c1-10(2)9-16-15-12-6-4-5-7-13(12)19-14(17-15)8-11(3)18-19/h4-8,10H,9H2,1-3H3,(H,16,17). The minimum Gasteiger partial charge on any atom is -0.369 e. The van der Waals surface area contributed by atoms with Crippen LogP contribution in [0, 0.1) is 12.8 Å². The van der Waals surface area contributed by atoms with Gasteiger partial charge in [-0.3, -0.25) is 0 Å². The summed E-state index contributed by atoms with van der Waals surface area (Å²) in [6.45, 7) is 7.29. The van der Waals surface area contributed by atoms with Gasteiger partial charge in [0, 0.05) is 18.0 Å². The van der Waals surface area contributed by atoms with Crippen LogP contribution in [-0.2, 0) is 0 Å². The molecule has 3 aromatic rings. The van der Waals surface area contributed by atoms with Crippen LogP contribution >= 0.6 is 0 Å². The number of anilines is 1. The van der Waals surface area contributed by atoms with Crippen LogP contribution in [0.2, 0.25) is 0 Å². The molecule has 0 unspecified atom stereocenters. The number of hydrogen-bond acceptors (Lipinski definition) is 3. The summed E-state index contributed by atoms with van der Waals surface area (Å²) in [4.78, 5) is 4.69. The number of nitrogens with one attached hydrogen (secondary N) is 1. The quantitative estimate of drug-likeness (QED) is 0.780. The maximum atomic E-state index is 4.69. The molecule has 0 spiro atoms. The summed E-state index contributed by atoms with van der Waals surface area (Å²) >= 11 is 0. The molecular weight excluding hydrogens is 236 g/mol. The van der Waals surface area contributed by atoms with Gasteiger partial charge in [-0.15, -0.1) is 0 Å². The fourth-order valence-electron chi connectivity index (χ4n) is 2.21. The van der Waals surface area contributed by atoms with Gasteiger partial charge in [0.15, 0.2) is 5.65 Å². The molecule has 98 valence electrons. The predicted octanol–water partition coefficient (Wildman–Crippen LogP) is 3.26. The van der Waals surface area contributed by atoms with Gasteiger partial charge in [0.05, 0.1) is 11.2 Å². The van der Waals surface area contributed by atoms with Crippen LogP contribution in [0.5, 0.6) is 0 Å². The monoisotopic (exact) mass is 254 g/mol. The Kier molecular flexibility index (Phi) is 2.85. The maximum absolute atomic E-state index is 4.69. The summed E-state index contributed by atoms with van der Waals surface area (Å²) in [6, 6.07) is 10.2. The lowest BCUT2D eigenvalue weighted by Crippen LogP contribution is -2.10. The van der Waals surface area contributed by atoms with E-state index in [-0.39, 0.29) is 0 Å². The molecule has 0 saturated heterocycles. The summed E-state index contributed by atoms with van der Waals surface area (Å²) < 4.78 is 1.91. The second-order valence-electron chi connectivity index (χ2n) is 5.31. The number of benzene rings is 1. The van der Waals surface area contributed by atoms with Crippen molar-refractivity contribution in [3.05, 3.63) is 36.0 Å². The van der Waals surface area contributed by atoms with E-state index in [1.165, 1.54) is 0 Å². The molecule has 4 nitrogen and oxygen atoms in total. The van der Waals surface area contributed by atoms with Crippen molar-refractivity contribution in [3.63, 3.8) is 0 Å². The molecule has 0 aliphatic carbocycles. The van der Waals surface area contributed by atoms with Crippen molar-refractivity contribution in [2.45, 2.75) is 20.8 Å². The van der Waals surface area contributed by atoms with Crippen LogP contribution < -0.4 is 5.32 Å². The number of rotatable bonds is 3. The van der Waals surface area contributed by atoms with Crippen molar-refractivity contribution in [3.8, 4) is 0 Å². The molecule has 1 N–H and O–H groups in total. The Hall–Kier alpha value is -2.10. The summed E-state index contributed by atoms with van der Waals surface area (Å²) in [5, 5.41) is 9.05. The maximum Gasteiger partial charge on any atom is 0.158 e. The molecule has 1 aromatic carbocycles. The molecule has 0 fully saturated rings. The van der Waals surface area contributed by atoms with Crippen molar-refractivity contribution in [2.75, 3.05) is 11.9 Å². The van der Waals surface area contributed by atoms with Gasteiger partial charge in [-0.05, 0) is 25.0 Å². The molecule has 0 aliphatic heterocycles. The van der Waals surface area contributed by atoms with Crippen LogP contribution in [0.15, 0.2) is 30.3 Å². The molecule has 0 atom stereocenters. The third kappa shape index (κ3) is 2.14. The molecule has 3 rings (SSSR count). The molecular formula is C15H18N4. The molecule has 0 radical (unpaired) electrons. The van der Waals surface area contributed by atoms with Gasteiger partial charge in [0.25, 0.3) is 0 Å². The van der Waals surface area contributed by atoms with Gasteiger partial charge < -0.3 is 5.32 Å². The van der Waals surface area contributed by atoms with E-state index in [0.717, 1.165) is 34.6 Å². The highest BCUT2D eigenvalue weighted by Crippen LogP contribution is 2.23. The highest BCUT2D eigenvalue weighted by atomic mass is 15.3. The average Bonchev–Trinajstić information content (AvgIpc) is 2.76. The first kappa shape index (κ1) is 12.0. The van der Waals surface area contributed by atoms with E-state index in [2.05, 4.69) is 41.4 Å². The lowest BCUT2D eigenvalue weighted by atomic mass is 10.2. The topological polar surface area (TPSA) is 42.2 Å². The van der Waals surface area contributed by atoms with Crippen molar-refractivity contribution in [1.82, 2.24) is 14.6 Å². The zero-order valence-corrected chi connectivity index (χ0v) is 11.5. The normalized spacial score (nSPS) is 11.6. The number of hydrogen-bond donors (Lipinski definition) is 1. The van der Waals surface area contributed by atoms with E-state index in [0.29, 0.717) is 5.92 Å². The highest BCUT2D eigenvalue weighted by Gasteiger charge is 2.09. The Morgan fingerprint density at radius 2 is 2.05 bits per heavy atom. The summed E-state index contributed by atoms with van der Waals surface area (Å²) in [5.41, 5.74) is 2.97. The zero-order valence-electron chi connectivity index (χ0n) is 11.5. The van der Waals surface area contributed by atoms with E-state index >= 15 is 0 Å². The zero-order chi connectivity index (χ0) is 13.4. The largest absolute Gasteiger partial charge is 0.369 e. The highest BCUT2D eigenvalue weighted by molar-refractivity contribution is 5.91. The van der Waals surface area contributed by atoms with Crippen molar-refractivity contribution in [2.24, 2.45) is 5.92 Å². The lowest BCUT2D eigenvalue weighted by Gasteiger charge is -2.11. The predicted molar refractivity (Wildman–Crippen MR) is 78.6 cm³/mol. The van der Waals surface area contributed by atoms with Crippen LogP contribution in [0.4, 0.5) is 5.82 Å². The number of fused-ring (bicyclic) bond motifs is 3. The number of nitrogens with zero attached hydrogens (tertiary/aromatic N) is 3. The molecule has 0 aliphatic rings. The molecule has 4 heteroatoms. The van der Waals surface area contributed by atoms with E-state index in [1.807, 2.05) is 29.6 Å². The van der Waals surface area contributed by atoms with Gasteiger partial charge in [-0.25, -0.2) is 9.50 Å². The van der Waals surface area contributed by atoms with Gasteiger partial charge in [0.1, 0.15) is 5.82 Å².